The van der Waals surface area contributed by atoms with Crippen LogP contribution in [0.2, 0.25) is 0 Å². The molecular weight excluding hydrogens is 312 g/mol. The lowest BCUT2D eigenvalue weighted by atomic mass is 9.53. The second-order valence-corrected chi connectivity index (χ2v) is 9.63. The van der Waals surface area contributed by atoms with Crippen molar-refractivity contribution in [2.45, 2.75) is 70.4 Å². The minimum atomic E-state index is -0.498. The van der Waals surface area contributed by atoms with Gasteiger partial charge in [0.1, 0.15) is 5.60 Å². The minimum Gasteiger partial charge on any atom is -0.456 e. The Labute approximate surface area is 150 Å². The Hall–Kier alpha value is -1.71. The quantitative estimate of drug-likeness (QED) is 0.622. The number of nitrogen functional groups attached to an aromatic ring is 1. The van der Waals surface area contributed by atoms with E-state index in [2.05, 4.69) is 5.32 Å². The highest BCUT2D eigenvalue weighted by Crippen LogP contribution is 2.56. The highest BCUT2D eigenvalue weighted by atomic mass is 16.6. The molecule has 1 aromatic rings. The van der Waals surface area contributed by atoms with Crippen molar-refractivity contribution >= 4 is 17.3 Å². The Balaban J connectivity index is 1.51. The molecular formula is C21H30N2O2. The van der Waals surface area contributed by atoms with Gasteiger partial charge in [-0.3, -0.25) is 0 Å². The number of hydrogen-bond donors (Lipinski definition) is 2. The minimum absolute atomic E-state index is 0.219. The third kappa shape index (κ3) is 3.36. The van der Waals surface area contributed by atoms with E-state index in [1.165, 1.54) is 38.5 Å². The first-order valence-corrected chi connectivity index (χ1v) is 9.62. The van der Waals surface area contributed by atoms with Gasteiger partial charge in [0, 0.05) is 5.54 Å². The number of ether oxygens (including phenoxy) is 1. The van der Waals surface area contributed by atoms with Gasteiger partial charge >= 0.3 is 5.97 Å². The molecule has 0 atom stereocenters. The van der Waals surface area contributed by atoms with Crippen molar-refractivity contribution in [3.05, 3.63) is 23.8 Å². The molecule has 0 aliphatic heterocycles. The number of carbonyl (C=O) groups excluding carboxylic acids is 1. The van der Waals surface area contributed by atoms with Crippen LogP contribution in [0, 0.1) is 17.8 Å². The van der Waals surface area contributed by atoms with E-state index in [-0.39, 0.29) is 11.5 Å². The summed E-state index contributed by atoms with van der Waals surface area (Å²) in [5, 5.41) is 3.79. The average Bonchev–Trinajstić information content (AvgIpc) is 2.46. The van der Waals surface area contributed by atoms with Crippen LogP contribution in [0.4, 0.5) is 11.4 Å². The van der Waals surface area contributed by atoms with Crippen LogP contribution in [-0.4, -0.2) is 17.1 Å². The molecule has 0 unspecified atom stereocenters. The van der Waals surface area contributed by atoms with Gasteiger partial charge in [0.15, 0.2) is 0 Å². The topological polar surface area (TPSA) is 64.3 Å². The van der Waals surface area contributed by atoms with Gasteiger partial charge in [0.2, 0.25) is 0 Å². The molecule has 4 fully saturated rings. The van der Waals surface area contributed by atoms with Gasteiger partial charge in [-0.15, -0.1) is 0 Å². The van der Waals surface area contributed by atoms with Gasteiger partial charge in [0.25, 0.3) is 0 Å². The third-order valence-electron chi connectivity index (χ3n) is 6.12. The molecule has 4 aliphatic carbocycles. The zero-order valence-corrected chi connectivity index (χ0v) is 15.6. The van der Waals surface area contributed by atoms with Crippen LogP contribution >= 0.6 is 0 Å². The first-order chi connectivity index (χ1) is 11.7. The fourth-order valence-corrected chi connectivity index (χ4v) is 5.69. The van der Waals surface area contributed by atoms with Gasteiger partial charge < -0.3 is 15.8 Å². The molecule has 4 nitrogen and oxygen atoms in total. The number of anilines is 2. The van der Waals surface area contributed by atoms with E-state index in [1.54, 1.807) is 6.07 Å². The molecule has 0 saturated heterocycles. The normalized spacial score (nSPS) is 33.3. The van der Waals surface area contributed by atoms with Crippen LogP contribution in [-0.2, 0) is 4.74 Å². The van der Waals surface area contributed by atoms with E-state index in [9.17, 15) is 4.79 Å². The summed E-state index contributed by atoms with van der Waals surface area (Å²) >= 11 is 0. The zero-order chi connectivity index (χ0) is 17.8. The van der Waals surface area contributed by atoms with Crippen molar-refractivity contribution in [2.75, 3.05) is 11.1 Å². The maximum absolute atomic E-state index is 12.2. The van der Waals surface area contributed by atoms with Gasteiger partial charge in [-0.25, -0.2) is 4.79 Å². The number of rotatable bonds is 3. The summed E-state index contributed by atoms with van der Waals surface area (Å²) in [5.74, 6) is 2.35. The van der Waals surface area contributed by atoms with Crippen LogP contribution in [0.25, 0.3) is 0 Å². The molecule has 25 heavy (non-hydrogen) atoms. The van der Waals surface area contributed by atoms with Crippen LogP contribution in [0.15, 0.2) is 18.2 Å². The number of nitrogens with one attached hydrogen (secondary N) is 1. The van der Waals surface area contributed by atoms with Gasteiger partial charge in [-0.05, 0) is 95.2 Å². The maximum atomic E-state index is 12.2. The molecule has 5 rings (SSSR count). The first kappa shape index (κ1) is 16.7. The Kier molecular flexibility index (Phi) is 3.78. The average molecular weight is 342 g/mol. The Bertz CT molecular complexity index is 654. The van der Waals surface area contributed by atoms with Crippen LogP contribution in [0.5, 0.6) is 0 Å². The molecule has 3 N–H and O–H groups in total. The van der Waals surface area contributed by atoms with Crippen molar-refractivity contribution in [3.8, 4) is 0 Å². The summed E-state index contributed by atoms with van der Waals surface area (Å²) < 4.78 is 5.44. The molecule has 1 aromatic carbocycles. The van der Waals surface area contributed by atoms with Crippen molar-refractivity contribution < 1.29 is 9.53 Å². The Morgan fingerprint density at radius 1 is 1.12 bits per heavy atom. The molecule has 4 aliphatic rings. The molecule has 0 heterocycles. The van der Waals surface area contributed by atoms with Crippen LogP contribution in [0.3, 0.4) is 0 Å². The summed E-state index contributed by atoms with van der Waals surface area (Å²) in [6, 6.07) is 5.53. The molecule has 0 spiro atoms. The number of benzene rings is 1. The number of carbonyl (C=O) groups is 1. The fraction of sp³-hybridized carbons (Fsp3) is 0.667. The lowest BCUT2D eigenvalue weighted by molar-refractivity contribution is 0.00695. The number of hydrogen-bond acceptors (Lipinski definition) is 4. The monoisotopic (exact) mass is 342 g/mol. The molecule has 4 bridgehead atoms. The van der Waals surface area contributed by atoms with E-state index >= 15 is 0 Å². The summed E-state index contributed by atoms with van der Waals surface area (Å²) in [5.41, 5.74) is 8.12. The molecule has 0 amide bonds. The maximum Gasteiger partial charge on any atom is 0.338 e. The van der Waals surface area contributed by atoms with E-state index in [4.69, 9.17) is 10.5 Å². The second-order valence-electron chi connectivity index (χ2n) is 9.63. The second kappa shape index (κ2) is 5.65. The van der Waals surface area contributed by atoms with E-state index in [0.29, 0.717) is 11.3 Å². The first-order valence-electron chi connectivity index (χ1n) is 9.62. The predicted molar refractivity (Wildman–Crippen MR) is 101 cm³/mol. The van der Waals surface area contributed by atoms with E-state index in [1.807, 2.05) is 32.9 Å². The number of esters is 1. The summed E-state index contributed by atoms with van der Waals surface area (Å²) in [4.78, 5) is 12.2. The van der Waals surface area contributed by atoms with Crippen molar-refractivity contribution in [2.24, 2.45) is 17.8 Å². The standard InChI is InChI=1S/C21H30N2O2/c1-20(2,3)25-19(24)16-4-5-18(17(22)9-16)23-21-10-13-6-14(11-21)8-15(7-13)12-21/h4-5,9,13-15,23H,6-8,10-12,22H2,1-3H3. The van der Waals surface area contributed by atoms with E-state index < -0.39 is 5.60 Å². The van der Waals surface area contributed by atoms with Gasteiger partial charge in [0.05, 0.1) is 16.9 Å². The summed E-state index contributed by atoms with van der Waals surface area (Å²) in [6.07, 6.45) is 8.08. The van der Waals surface area contributed by atoms with Crippen molar-refractivity contribution in [1.29, 1.82) is 0 Å². The summed E-state index contributed by atoms with van der Waals surface area (Å²) in [7, 11) is 0. The summed E-state index contributed by atoms with van der Waals surface area (Å²) in [6.45, 7) is 5.62. The zero-order valence-electron chi connectivity index (χ0n) is 15.6. The fourth-order valence-electron chi connectivity index (χ4n) is 5.69. The molecule has 0 aromatic heterocycles. The largest absolute Gasteiger partial charge is 0.456 e. The van der Waals surface area contributed by atoms with Crippen LogP contribution < -0.4 is 11.1 Å². The van der Waals surface area contributed by atoms with Gasteiger partial charge in [-0.2, -0.15) is 0 Å². The predicted octanol–water partition coefficient (Wildman–Crippen LogP) is 4.60. The van der Waals surface area contributed by atoms with Gasteiger partial charge in [-0.1, -0.05) is 0 Å². The number of nitrogens with two attached hydrogens (primary N) is 1. The lowest BCUT2D eigenvalue weighted by Crippen LogP contribution is -2.54. The third-order valence-corrected chi connectivity index (χ3v) is 6.12. The molecule has 136 valence electrons. The molecule has 4 heteroatoms. The van der Waals surface area contributed by atoms with Crippen molar-refractivity contribution in [3.63, 3.8) is 0 Å². The lowest BCUT2D eigenvalue weighted by Gasteiger charge is -2.57. The Morgan fingerprint density at radius 3 is 2.16 bits per heavy atom. The highest BCUT2D eigenvalue weighted by molar-refractivity contribution is 5.92. The van der Waals surface area contributed by atoms with Crippen molar-refractivity contribution in [1.82, 2.24) is 0 Å². The smallest absolute Gasteiger partial charge is 0.338 e. The van der Waals surface area contributed by atoms with Crippen LogP contribution in [0.1, 0.15) is 69.7 Å². The molecule has 0 radical (unpaired) electrons. The highest BCUT2D eigenvalue weighted by Gasteiger charge is 2.51. The van der Waals surface area contributed by atoms with E-state index in [0.717, 1.165) is 23.4 Å². The Morgan fingerprint density at radius 2 is 1.68 bits per heavy atom. The molecule has 4 saturated carbocycles. The SMILES string of the molecule is CC(C)(C)OC(=O)c1ccc(NC23CC4CC(CC(C4)C2)C3)c(N)c1.